The van der Waals surface area contributed by atoms with Crippen molar-refractivity contribution in [3.8, 4) is 0 Å². The quantitative estimate of drug-likeness (QED) is 0.473. The van der Waals surface area contributed by atoms with E-state index in [0.29, 0.717) is 6.04 Å². The molecule has 0 spiro atoms. The summed E-state index contributed by atoms with van der Waals surface area (Å²) >= 11 is 0. The first-order valence-electron chi connectivity index (χ1n) is 8.22. The van der Waals surface area contributed by atoms with Gasteiger partial charge in [0.15, 0.2) is 0 Å². The summed E-state index contributed by atoms with van der Waals surface area (Å²) in [5.41, 5.74) is -0.106. The van der Waals surface area contributed by atoms with Crippen LogP contribution in [0.2, 0.25) is 0 Å². The summed E-state index contributed by atoms with van der Waals surface area (Å²) in [7, 11) is 3.48. The molecule has 126 valence electrons. The van der Waals surface area contributed by atoms with Crippen LogP contribution in [-0.2, 0) is 9.47 Å². The second-order valence-corrected chi connectivity index (χ2v) is 6.42. The molecule has 0 saturated heterocycles. The Hall–Kier alpha value is -0.200. The molecular formula is C16H34N2O3. The summed E-state index contributed by atoms with van der Waals surface area (Å²) < 4.78 is 10.3. The van der Waals surface area contributed by atoms with E-state index < -0.39 is 0 Å². The van der Waals surface area contributed by atoms with Crippen LogP contribution >= 0.6 is 0 Å². The Morgan fingerprint density at radius 1 is 1.10 bits per heavy atom. The lowest BCUT2D eigenvalue weighted by Crippen LogP contribution is -2.47. The zero-order chi connectivity index (χ0) is 15.6. The Balaban J connectivity index is 2.18. The van der Waals surface area contributed by atoms with Gasteiger partial charge in [0.25, 0.3) is 0 Å². The fraction of sp³-hybridized carbons (Fsp3) is 1.00. The molecule has 0 aromatic heterocycles. The lowest BCUT2D eigenvalue weighted by atomic mass is 9.95. The van der Waals surface area contributed by atoms with Crippen molar-refractivity contribution >= 4 is 0 Å². The third-order valence-electron chi connectivity index (χ3n) is 4.16. The summed E-state index contributed by atoms with van der Waals surface area (Å²) in [6.07, 6.45) is 5.83. The minimum Gasteiger partial charge on any atom is -0.394 e. The van der Waals surface area contributed by atoms with Crippen LogP contribution in [0.3, 0.4) is 0 Å². The van der Waals surface area contributed by atoms with Gasteiger partial charge in [0.1, 0.15) is 0 Å². The van der Waals surface area contributed by atoms with Gasteiger partial charge in [-0.25, -0.2) is 0 Å². The van der Waals surface area contributed by atoms with Crippen molar-refractivity contribution in [2.45, 2.75) is 50.6 Å². The van der Waals surface area contributed by atoms with E-state index in [0.717, 1.165) is 52.1 Å². The number of ether oxygens (including phenoxy) is 2. The van der Waals surface area contributed by atoms with E-state index >= 15 is 0 Å². The minimum absolute atomic E-state index is 0.106. The summed E-state index contributed by atoms with van der Waals surface area (Å²) in [6, 6.07) is 0.641. The molecule has 0 radical (unpaired) electrons. The molecule has 0 aromatic carbocycles. The van der Waals surface area contributed by atoms with Gasteiger partial charge in [-0.2, -0.15) is 0 Å². The van der Waals surface area contributed by atoms with E-state index in [9.17, 15) is 5.11 Å². The first-order valence-corrected chi connectivity index (χ1v) is 8.22. The molecular weight excluding hydrogens is 268 g/mol. The third-order valence-corrected chi connectivity index (χ3v) is 4.16. The lowest BCUT2D eigenvalue weighted by Gasteiger charge is -2.29. The Kier molecular flexibility index (Phi) is 9.44. The van der Waals surface area contributed by atoms with E-state index in [1.165, 1.54) is 12.8 Å². The van der Waals surface area contributed by atoms with Crippen molar-refractivity contribution in [2.24, 2.45) is 0 Å². The van der Waals surface area contributed by atoms with Crippen molar-refractivity contribution in [3.05, 3.63) is 0 Å². The van der Waals surface area contributed by atoms with Crippen molar-refractivity contribution in [3.63, 3.8) is 0 Å². The highest BCUT2D eigenvalue weighted by molar-refractivity contribution is 4.92. The van der Waals surface area contributed by atoms with Gasteiger partial charge in [0, 0.05) is 38.9 Å². The highest BCUT2D eigenvalue weighted by Gasteiger charge is 2.31. The molecule has 5 heteroatoms. The van der Waals surface area contributed by atoms with Crippen molar-refractivity contribution < 1.29 is 14.6 Å². The number of methoxy groups -OCH3 is 2. The second kappa shape index (κ2) is 10.5. The fourth-order valence-electron chi connectivity index (χ4n) is 2.54. The SMILES string of the molecule is COCCN(CCCCC(C)(CO)NC1CC1)CCOC. The van der Waals surface area contributed by atoms with Gasteiger partial charge in [-0.1, -0.05) is 6.42 Å². The van der Waals surface area contributed by atoms with Crippen molar-refractivity contribution in [1.29, 1.82) is 0 Å². The average Bonchev–Trinajstić information content (AvgIpc) is 3.29. The molecule has 2 N–H and O–H groups in total. The van der Waals surface area contributed by atoms with Crippen molar-refractivity contribution in [1.82, 2.24) is 10.2 Å². The van der Waals surface area contributed by atoms with Crippen molar-refractivity contribution in [2.75, 3.05) is 53.7 Å². The van der Waals surface area contributed by atoms with Crippen LogP contribution in [0.5, 0.6) is 0 Å². The zero-order valence-electron chi connectivity index (χ0n) is 14.1. The number of nitrogens with zero attached hydrogens (tertiary/aromatic N) is 1. The first kappa shape index (κ1) is 18.8. The Labute approximate surface area is 130 Å². The maximum atomic E-state index is 9.60. The summed E-state index contributed by atoms with van der Waals surface area (Å²) in [5, 5.41) is 13.2. The van der Waals surface area contributed by atoms with Crippen LogP contribution < -0.4 is 5.32 Å². The number of rotatable bonds is 14. The monoisotopic (exact) mass is 302 g/mol. The van der Waals surface area contributed by atoms with Gasteiger partial charge < -0.3 is 19.9 Å². The molecule has 1 fully saturated rings. The maximum Gasteiger partial charge on any atom is 0.0610 e. The van der Waals surface area contributed by atoms with Crippen LogP contribution in [0, 0.1) is 0 Å². The highest BCUT2D eigenvalue weighted by Crippen LogP contribution is 2.24. The summed E-state index contributed by atoms with van der Waals surface area (Å²) in [4.78, 5) is 2.39. The molecule has 1 aliphatic rings. The first-order chi connectivity index (χ1) is 10.1. The maximum absolute atomic E-state index is 9.60. The predicted octanol–water partition coefficient (Wildman–Crippen LogP) is 1.25. The molecule has 21 heavy (non-hydrogen) atoms. The van der Waals surface area contributed by atoms with Gasteiger partial charge in [0.05, 0.1) is 19.8 Å². The number of aliphatic hydroxyl groups excluding tert-OH is 1. The van der Waals surface area contributed by atoms with Crippen LogP contribution in [0.25, 0.3) is 0 Å². The number of hydrogen-bond acceptors (Lipinski definition) is 5. The Bertz CT molecular complexity index is 254. The number of unbranched alkanes of at least 4 members (excludes halogenated alkanes) is 1. The van der Waals surface area contributed by atoms with Gasteiger partial charge in [-0.05, 0) is 39.2 Å². The van der Waals surface area contributed by atoms with Crippen LogP contribution in [0.15, 0.2) is 0 Å². The van der Waals surface area contributed by atoms with Crippen LogP contribution in [0.1, 0.15) is 39.0 Å². The van der Waals surface area contributed by atoms with Gasteiger partial charge in [-0.3, -0.25) is 4.90 Å². The number of nitrogens with one attached hydrogen (secondary N) is 1. The predicted molar refractivity (Wildman–Crippen MR) is 85.7 cm³/mol. The normalized spacial score (nSPS) is 18.1. The summed E-state index contributed by atoms with van der Waals surface area (Å²) in [5.74, 6) is 0. The van der Waals surface area contributed by atoms with Crippen LogP contribution in [0.4, 0.5) is 0 Å². The zero-order valence-corrected chi connectivity index (χ0v) is 14.1. The largest absolute Gasteiger partial charge is 0.394 e. The smallest absolute Gasteiger partial charge is 0.0610 e. The Morgan fingerprint density at radius 3 is 2.19 bits per heavy atom. The summed E-state index contributed by atoms with van der Waals surface area (Å²) in [6.45, 7) is 6.87. The molecule has 0 aliphatic heterocycles. The molecule has 0 aromatic rings. The number of aliphatic hydroxyl groups is 1. The average molecular weight is 302 g/mol. The molecule has 1 unspecified atom stereocenters. The topological polar surface area (TPSA) is 54.0 Å². The van der Waals surface area contributed by atoms with E-state index in [2.05, 4.69) is 17.1 Å². The lowest BCUT2D eigenvalue weighted by molar-refractivity contribution is 0.111. The fourth-order valence-corrected chi connectivity index (χ4v) is 2.54. The van der Waals surface area contributed by atoms with Crippen LogP contribution in [-0.4, -0.2) is 75.3 Å². The molecule has 1 saturated carbocycles. The molecule has 0 bridgehead atoms. The van der Waals surface area contributed by atoms with Gasteiger partial charge >= 0.3 is 0 Å². The molecule has 1 aliphatic carbocycles. The third kappa shape index (κ3) is 8.73. The van der Waals surface area contributed by atoms with E-state index in [1.54, 1.807) is 14.2 Å². The van der Waals surface area contributed by atoms with Gasteiger partial charge in [0.2, 0.25) is 0 Å². The molecule has 1 atom stereocenters. The van der Waals surface area contributed by atoms with E-state index in [4.69, 9.17) is 9.47 Å². The second-order valence-electron chi connectivity index (χ2n) is 6.42. The standard InChI is InChI=1S/C16H34N2O3/c1-16(14-19,17-15-6-7-15)8-4-5-9-18(10-12-20-2)11-13-21-3/h15,17,19H,4-14H2,1-3H3. The number of hydrogen-bond donors (Lipinski definition) is 2. The Morgan fingerprint density at radius 2 is 1.71 bits per heavy atom. The molecule has 1 rings (SSSR count). The molecule has 0 heterocycles. The highest BCUT2D eigenvalue weighted by atomic mass is 16.5. The minimum atomic E-state index is -0.106. The van der Waals surface area contributed by atoms with E-state index in [-0.39, 0.29) is 12.1 Å². The molecule has 0 amide bonds. The van der Waals surface area contributed by atoms with Gasteiger partial charge in [-0.15, -0.1) is 0 Å². The molecule has 5 nitrogen and oxygen atoms in total. The van der Waals surface area contributed by atoms with E-state index in [1.807, 2.05) is 0 Å².